The molecular weight excluding hydrogens is 251 g/mol. The van der Waals surface area contributed by atoms with Crippen LogP contribution in [0.3, 0.4) is 0 Å². The van der Waals surface area contributed by atoms with Crippen molar-refractivity contribution in [2.24, 2.45) is 5.92 Å². The molecule has 0 spiro atoms. The van der Waals surface area contributed by atoms with Crippen LogP contribution >= 0.6 is 12.2 Å². The van der Waals surface area contributed by atoms with Crippen molar-refractivity contribution in [1.82, 2.24) is 10.6 Å². The molecule has 93 valence electrons. The molecule has 1 aliphatic carbocycles. The second-order valence-corrected chi connectivity index (χ2v) is 4.87. The maximum absolute atomic E-state index is 13.9. The van der Waals surface area contributed by atoms with E-state index in [0.717, 1.165) is 23.2 Å². The van der Waals surface area contributed by atoms with Gasteiger partial charge in [-0.1, -0.05) is 0 Å². The Morgan fingerprint density at radius 2 is 2.28 bits per heavy atom. The van der Waals surface area contributed by atoms with E-state index >= 15 is 0 Å². The highest BCUT2D eigenvalue weighted by Gasteiger charge is 2.30. The van der Waals surface area contributed by atoms with E-state index in [1.54, 1.807) is 7.11 Å². The Morgan fingerprint density at radius 1 is 1.44 bits per heavy atom. The third kappa shape index (κ3) is 1.84. The molecular formula is C13H12FN2OS. The average Bonchev–Trinajstić information content (AvgIpc) is 2.94. The first-order valence-electron chi connectivity index (χ1n) is 5.75. The first kappa shape index (κ1) is 11.5. The van der Waals surface area contributed by atoms with E-state index < -0.39 is 0 Å². The standard InChI is InChI=1S/C13H12FN2OS/c1-17-9-3-7-2-8(4-10(7)11(14)5-9)12-6-15-13(18)16-12/h3,5-6,8H,2,4H2,1H3,(H,15,18). The van der Waals surface area contributed by atoms with Crippen LogP contribution in [-0.2, 0) is 12.8 Å². The van der Waals surface area contributed by atoms with Gasteiger partial charge in [0, 0.05) is 18.2 Å². The quantitative estimate of drug-likeness (QED) is 0.828. The van der Waals surface area contributed by atoms with Crippen molar-refractivity contribution in [3.05, 3.63) is 41.0 Å². The average molecular weight is 263 g/mol. The molecule has 0 aromatic heterocycles. The Labute approximate surface area is 110 Å². The van der Waals surface area contributed by atoms with Crippen LogP contribution in [-0.4, -0.2) is 12.2 Å². The van der Waals surface area contributed by atoms with Crippen molar-refractivity contribution >= 4 is 17.3 Å². The van der Waals surface area contributed by atoms with Gasteiger partial charge in [0.05, 0.1) is 12.8 Å². The summed E-state index contributed by atoms with van der Waals surface area (Å²) in [7, 11) is 1.55. The van der Waals surface area contributed by atoms with Gasteiger partial charge >= 0.3 is 0 Å². The summed E-state index contributed by atoms with van der Waals surface area (Å²) in [6.07, 6.45) is 3.27. The van der Waals surface area contributed by atoms with Gasteiger partial charge in [-0.2, -0.15) is 0 Å². The number of hydrogen-bond donors (Lipinski definition) is 1. The van der Waals surface area contributed by atoms with Gasteiger partial charge in [-0.25, -0.2) is 9.71 Å². The Morgan fingerprint density at radius 3 is 2.94 bits per heavy atom. The third-order valence-electron chi connectivity index (χ3n) is 3.41. The van der Waals surface area contributed by atoms with Crippen LogP contribution in [0.1, 0.15) is 11.1 Å². The van der Waals surface area contributed by atoms with E-state index in [-0.39, 0.29) is 11.7 Å². The molecule has 0 saturated heterocycles. The highest BCUT2D eigenvalue weighted by Crippen LogP contribution is 2.35. The van der Waals surface area contributed by atoms with Gasteiger partial charge in [0.1, 0.15) is 11.6 Å². The number of ether oxygens (including phenoxy) is 1. The van der Waals surface area contributed by atoms with Crippen molar-refractivity contribution in [3.63, 3.8) is 0 Å². The lowest BCUT2D eigenvalue weighted by atomic mass is 10.0. The van der Waals surface area contributed by atoms with Gasteiger partial charge in [0.15, 0.2) is 5.11 Å². The molecule has 1 aromatic rings. The van der Waals surface area contributed by atoms with Gasteiger partial charge in [-0.15, -0.1) is 0 Å². The van der Waals surface area contributed by atoms with Crippen molar-refractivity contribution in [2.75, 3.05) is 7.11 Å². The molecule has 1 unspecified atom stereocenters. The number of methoxy groups -OCH3 is 1. The highest BCUT2D eigenvalue weighted by molar-refractivity contribution is 7.80. The zero-order chi connectivity index (χ0) is 12.7. The Balaban J connectivity index is 1.87. The van der Waals surface area contributed by atoms with Crippen molar-refractivity contribution in [1.29, 1.82) is 0 Å². The van der Waals surface area contributed by atoms with Gasteiger partial charge in [-0.05, 0) is 42.3 Å². The van der Waals surface area contributed by atoms with Crippen molar-refractivity contribution < 1.29 is 9.13 Å². The first-order valence-corrected chi connectivity index (χ1v) is 6.16. The second-order valence-electron chi connectivity index (χ2n) is 4.48. The number of nitrogens with zero attached hydrogens (tertiary/aromatic N) is 1. The van der Waals surface area contributed by atoms with Crippen LogP contribution in [0, 0.1) is 11.7 Å². The Kier molecular flexibility index (Phi) is 2.70. The SMILES string of the molecule is COc1cc(F)c2c(c1)CC(C1=CNC(=S)[N]1)C2. The summed E-state index contributed by atoms with van der Waals surface area (Å²) in [5, 5.41) is 7.63. The molecule has 1 radical (unpaired) electrons. The summed E-state index contributed by atoms with van der Waals surface area (Å²) in [5.74, 6) is 0.577. The normalized spacial score (nSPS) is 21.1. The van der Waals surface area contributed by atoms with Crippen molar-refractivity contribution in [3.8, 4) is 5.75 Å². The van der Waals surface area contributed by atoms with Crippen LogP contribution in [0.5, 0.6) is 5.75 Å². The molecule has 5 heteroatoms. The minimum atomic E-state index is -0.194. The molecule has 1 N–H and O–H groups in total. The van der Waals surface area contributed by atoms with E-state index in [2.05, 4.69) is 10.6 Å². The summed E-state index contributed by atoms with van der Waals surface area (Å²) >= 11 is 4.96. The molecule has 1 atom stereocenters. The number of allylic oxidation sites excluding steroid dienone is 1. The number of nitrogens with one attached hydrogen (secondary N) is 1. The molecule has 0 bridgehead atoms. The molecule has 18 heavy (non-hydrogen) atoms. The molecule has 1 aromatic carbocycles. The van der Waals surface area contributed by atoms with Crippen molar-refractivity contribution in [2.45, 2.75) is 12.8 Å². The minimum Gasteiger partial charge on any atom is -0.497 e. The molecule has 0 fully saturated rings. The summed E-state index contributed by atoms with van der Waals surface area (Å²) in [6, 6.07) is 3.34. The maximum Gasteiger partial charge on any atom is 0.197 e. The lowest BCUT2D eigenvalue weighted by Gasteiger charge is -2.07. The Hall–Kier alpha value is -1.62. The van der Waals surface area contributed by atoms with E-state index in [4.69, 9.17) is 17.0 Å². The van der Waals surface area contributed by atoms with Gasteiger partial charge in [0.25, 0.3) is 0 Å². The van der Waals surface area contributed by atoms with Crippen LogP contribution in [0.15, 0.2) is 24.0 Å². The molecule has 3 rings (SSSR count). The van der Waals surface area contributed by atoms with E-state index in [9.17, 15) is 4.39 Å². The molecule has 1 heterocycles. The smallest absolute Gasteiger partial charge is 0.197 e. The Bertz CT molecular complexity index is 556. The fraction of sp³-hybridized carbons (Fsp3) is 0.308. The second kappa shape index (κ2) is 4.24. The zero-order valence-corrected chi connectivity index (χ0v) is 10.7. The molecule has 3 nitrogen and oxygen atoms in total. The summed E-state index contributed by atoms with van der Waals surface area (Å²) in [4.78, 5) is 0. The summed E-state index contributed by atoms with van der Waals surface area (Å²) in [6.45, 7) is 0. The molecule has 0 saturated carbocycles. The largest absolute Gasteiger partial charge is 0.497 e. The van der Waals surface area contributed by atoms with E-state index in [1.807, 2.05) is 12.3 Å². The predicted molar refractivity (Wildman–Crippen MR) is 69.8 cm³/mol. The van der Waals surface area contributed by atoms with Crippen LogP contribution in [0.2, 0.25) is 0 Å². The van der Waals surface area contributed by atoms with Gasteiger partial charge < -0.3 is 10.1 Å². The molecule has 1 aliphatic heterocycles. The number of rotatable bonds is 2. The minimum absolute atomic E-state index is 0.194. The molecule has 2 aliphatic rings. The summed E-state index contributed by atoms with van der Waals surface area (Å²) < 4.78 is 19.0. The van der Waals surface area contributed by atoms with Crippen LogP contribution in [0.25, 0.3) is 0 Å². The van der Waals surface area contributed by atoms with E-state index in [1.165, 1.54) is 6.07 Å². The predicted octanol–water partition coefficient (Wildman–Crippen LogP) is 1.88. The van der Waals surface area contributed by atoms with E-state index in [0.29, 0.717) is 17.3 Å². The highest BCUT2D eigenvalue weighted by atomic mass is 32.1. The third-order valence-corrected chi connectivity index (χ3v) is 3.62. The molecule has 0 amide bonds. The number of hydrogen-bond acceptors (Lipinski definition) is 2. The van der Waals surface area contributed by atoms with Crippen LogP contribution < -0.4 is 15.4 Å². The number of benzene rings is 1. The number of halogens is 1. The topological polar surface area (TPSA) is 35.4 Å². The summed E-state index contributed by atoms with van der Waals surface area (Å²) in [5.41, 5.74) is 2.69. The first-order chi connectivity index (χ1) is 8.67. The fourth-order valence-electron chi connectivity index (χ4n) is 2.51. The monoisotopic (exact) mass is 263 g/mol. The fourth-order valence-corrected chi connectivity index (χ4v) is 2.68. The lowest BCUT2D eigenvalue weighted by Crippen LogP contribution is -2.18. The number of thiocarbonyl (C=S) groups is 1. The lowest BCUT2D eigenvalue weighted by molar-refractivity contribution is 0.410. The van der Waals surface area contributed by atoms with Gasteiger partial charge in [-0.3, -0.25) is 0 Å². The maximum atomic E-state index is 13.9. The number of fused-ring (bicyclic) bond motifs is 1. The zero-order valence-electron chi connectivity index (χ0n) is 9.87. The van der Waals surface area contributed by atoms with Crippen LogP contribution in [0.4, 0.5) is 4.39 Å². The van der Waals surface area contributed by atoms with Gasteiger partial charge in [0.2, 0.25) is 0 Å².